The van der Waals surface area contributed by atoms with E-state index >= 15 is 0 Å². The summed E-state index contributed by atoms with van der Waals surface area (Å²) in [6.45, 7) is 5.40. The van der Waals surface area contributed by atoms with Gasteiger partial charge in [0, 0.05) is 25.9 Å². The maximum Gasteiger partial charge on any atom is 0.192 e. The molecule has 0 aliphatic carbocycles. The van der Waals surface area contributed by atoms with E-state index in [9.17, 15) is 0 Å². The molecule has 0 aliphatic heterocycles. The first-order valence-corrected chi connectivity index (χ1v) is 7.07. The van der Waals surface area contributed by atoms with Gasteiger partial charge < -0.3 is 20.7 Å². The van der Waals surface area contributed by atoms with E-state index in [1.54, 1.807) is 7.11 Å². The van der Waals surface area contributed by atoms with Gasteiger partial charge in [0.15, 0.2) is 5.96 Å². The second-order valence-electron chi connectivity index (χ2n) is 4.37. The highest BCUT2D eigenvalue weighted by molar-refractivity contribution is 14.0. The Morgan fingerprint density at radius 1 is 1.27 bits per heavy atom. The van der Waals surface area contributed by atoms with Crippen molar-refractivity contribution in [3.8, 4) is 12.3 Å². The van der Waals surface area contributed by atoms with Gasteiger partial charge in [-0.15, -0.1) is 30.4 Å². The third-order valence-electron chi connectivity index (χ3n) is 2.71. The first-order chi connectivity index (χ1) is 10.3. The second kappa shape index (κ2) is 13.2. The molecule has 0 atom stereocenters. The van der Waals surface area contributed by atoms with Crippen LogP contribution in [-0.4, -0.2) is 39.3 Å². The molecule has 0 aromatic heterocycles. The van der Waals surface area contributed by atoms with E-state index in [1.165, 1.54) is 0 Å². The van der Waals surface area contributed by atoms with Gasteiger partial charge in [-0.3, -0.25) is 0 Å². The summed E-state index contributed by atoms with van der Waals surface area (Å²) < 4.78 is 5.00. The molecule has 0 saturated carbocycles. The van der Waals surface area contributed by atoms with Crippen molar-refractivity contribution in [1.82, 2.24) is 10.6 Å². The van der Waals surface area contributed by atoms with Crippen LogP contribution in [0.1, 0.15) is 12.5 Å². The Labute approximate surface area is 150 Å². The predicted octanol–water partition coefficient (Wildman–Crippen LogP) is 2.05. The maximum atomic E-state index is 5.24. The summed E-state index contributed by atoms with van der Waals surface area (Å²) in [5.41, 5.74) is 2.22. The Morgan fingerprint density at radius 3 is 2.59 bits per heavy atom. The van der Waals surface area contributed by atoms with Crippen molar-refractivity contribution in [1.29, 1.82) is 0 Å². The summed E-state index contributed by atoms with van der Waals surface area (Å²) in [6.07, 6.45) is 5.24. The van der Waals surface area contributed by atoms with Crippen LogP contribution in [0.3, 0.4) is 0 Å². The van der Waals surface area contributed by atoms with Crippen LogP contribution >= 0.6 is 24.0 Å². The molecule has 0 amide bonds. The maximum absolute atomic E-state index is 5.24. The number of nitrogens with zero attached hydrogens (tertiary/aromatic N) is 1. The van der Waals surface area contributed by atoms with E-state index in [1.807, 2.05) is 19.1 Å². The number of halogens is 1. The average molecular weight is 416 g/mol. The number of anilines is 1. The average Bonchev–Trinajstić information content (AvgIpc) is 2.51. The molecule has 0 aliphatic rings. The Hall–Kier alpha value is -1.46. The molecule has 0 radical (unpaired) electrons. The van der Waals surface area contributed by atoms with Crippen LogP contribution in [0.4, 0.5) is 5.69 Å². The SMILES string of the molecule is C#CCNC(=NCc1ccc(NCCOC)cc1)NCC.I. The molecule has 0 bridgehead atoms. The van der Waals surface area contributed by atoms with Crippen LogP contribution in [0.25, 0.3) is 0 Å². The summed E-state index contributed by atoms with van der Waals surface area (Å²) in [4.78, 5) is 4.48. The Morgan fingerprint density at radius 2 is 2.00 bits per heavy atom. The quantitative estimate of drug-likeness (QED) is 0.200. The van der Waals surface area contributed by atoms with Gasteiger partial charge in [-0.25, -0.2) is 4.99 Å². The summed E-state index contributed by atoms with van der Waals surface area (Å²) in [7, 11) is 1.69. The standard InChI is InChI=1S/C16H24N4O.HI/c1-4-10-19-16(17-5-2)20-13-14-6-8-15(9-7-14)18-11-12-21-3;/h1,6-9,18H,5,10-13H2,2-3H3,(H2,17,19,20);1H. The number of nitrogens with one attached hydrogen (secondary N) is 3. The molecule has 1 aromatic rings. The first kappa shape index (κ1) is 20.5. The summed E-state index contributed by atoms with van der Waals surface area (Å²) >= 11 is 0. The van der Waals surface area contributed by atoms with Crippen LogP contribution in [0.5, 0.6) is 0 Å². The van der Waals surface area contributed by atoms with E-state index in [4.69, 9.17) is 11.2 Å². The zero-order valence-electron chi connectivity index (χ0n) is 13.2. The lowest BCUT2D eigenvalue weighted by molar-refractivity contribution is 0.211. The number of benzene rings is 1. The largest absolute Gasteiger partial charge is 0.383 e. The lowest BCUT2D eigenvalue weighted by Crippen LogP contribution is -2.37. The van der Waals surface area contributed by atoms with E-state index in [2.05, 4.69) is 39.0 Å². The monoisotopic (exact) mass is 416 g/mol. The van der Waals surface area contributed by atoms with Crippen molar-refractivity contribution in [2.24, 2.45) is 4.99 Å². The van der Waals surface area contributed by atoms with E-state index in [-0.39, 0.29) is 24.0 Å². The zero-order valence-corrected chi connectivity index (χ0v) is 15.5. The Bertz CT molecular complexity index is 468. The lowest BCUT2D eigenvalue weighted by Gasteiger charge is -2.09. The lowest BCUT2D eigenvalue weighted by atomic mass is 10.2. The van der Waals surface area contributed by atoms with E-state index < -0.39 is 0 Å². The molecule has 1 aromatic carbocycles. The van der Waals surface area contributed by atoms with Gasteiger partial charge in [0.25, 0.3) is 0 Å². The molecule has 6 heteroatoms. The van der Waals surface area contributed by atoms with Gasteiger partial charge in [-0.05, 0) is 24.6 Å². The summed E-state index contributed by atoms with van der Waals surface area (Å²) in [5.74, 6) is 3.27. The fourth-order valence-electron chi connectivity index (χ4n) is 1.67. The van der Waals surface area contributed by atoms with Crippen molar-refractivity contribution < 1.29 is 4.74 Å². The minimum Gasteiger partial charge on any atom is -0.383 e. The molecule has 0 saturated heterocycles. The Balaban J connectivity index is 0.00000441. The molecule has 1 rings (SSSR count). The number of methoxy groups -OCH3 is 1. The van der Waals surface area contributed by atoms with Gasteiger partial charge in [0.1, 0.15) is 0 Å². The van der Waals surface area contributed by atoms with Crippen molar-refractivity contribution in [3.63, 3.8) is 0 Å². The van der Waals surface area contributed by atoms with Crippen LogP contribution in [-0.2, 0) is 11.3 Å². The number of aliphatic imine (C=N–C) groups is 1. The molecule has 5 nitrogen and oxygen atoms in total. The Kier molecular flexibility index (Phi) is 12.3. The minimum atomic E-state index is 0. The normalized spacial score (nSPS) is 10.3. The highest BCUT2D eigenvalue weighted by Crippen LogP contribution is 2.10. The van der Waals surface area contributed by atoms with Crippen LogP contribution in [0.2, 0.25) is 0 Å². The van der Waals surface area contributed by atoms with Crippen molar-refractivity contribution in [2.45, 2.75) is 13.5 Å². The van der Waals surface area contributed by atoms with Gasteiger partial charge in [-0.1, -0.05) is 18.1 Å². The smallest absolute Gasteiger partial charge is 0.192 e. The fourth-order valence-corrected chi connectivity index (χ4v) is 1.67. The van der Waals surface area contributed by atoms with Gasteiger partial charge in [-0.2, -0.15) is 0 Å². The molecule has 0 heterocycles. The molecular weight excluding hydrogens is 391 g/mol. The van der Waals surface area contributed by atoms with Crippen molar-refractivity contribution in [2.75, 3.05) is 38.7 Å². The predicted molar refractivity (Wildman–Crippen MR) is 104 cm³/mol. The number of guanidine groups is 1. The van der Waals surface area contributed by atoms with Crippen LogP contribution < -0.4 is 16.0 Å². The molecule has 122 valence electrons. The number of hydrogen-bond acceptors (Lipinski definition) is 3. The van der Waals surface area contributed by atoms with Crippen LogP contribution in [0, 0.1) is 12.3 Å². The summed E-state index contributed by atoms with van der Waals surface area (Å²) in [5, 5.41) is 9.49. The molecule has 3 N–H and O–H groups in total. The number of hydrogen-bond donors (Lipinski definition) is 3. The molecule has 0 fully saturated rings. The first-order valence-electron chi connectivity index (χ1n) is 7.07. The van der Waals surface area contributed by atoms with Gasteiger partial charge in [0.05, 0.1) is 19.7 Å². The summed E-state index contributed by atoms with van der Waals surface area (Å²) in [6, 6.07) is 8.21. The number of terminal acetylenes is 1. The fraction of sp³-hybridized carbons (Fsp3) is 0.438. The van der Waals surface area contributed by atoms with Crippen molar-refractivity contribution >= 4 is 35.6 Å². The van der Waals surface area contributed by atoms with Crippen LogP contribution in [0.15, 0.2) is 29.3 Å². The highest BCUT2D eigenvalue weighted by Gasteiger charge is 1.97. The van der Waals surface area contributed by atoms with E-state index in [0.29, 0.717) is 19.7 Å². The molecule has 0 spiro atoms. The minimum absolute atomic E-state index is 0. The number of rotatable bonds is 8. The van der Waals surface area contributed by atoms with Gasteiger partial charge >= 0.3 is 0 Å². The highest BCUT2D eigenvalue weighted by atomic mass is 127. The van der Waals surface area contributed by atoms with E-state index in [0.717, 1.165) is 30.3 Å². The van der Waals surface area contributed by atoms with Gasteiger partial charge in [0.2, 0.25) is 0 Å². The molecular formula is C16H25IN4O. The second-order valence-corrected chi connectivity index (χ2v) is 4.37. The third kappa shape index (κ3) is 8.74. The molecule has 22 heavy (non-hydrogen) atoms. The topological polar surface area (TPSA) is 57.7 Å². The van der Waals surface area contributed by atoms with Crippen molar-refractivity contribution in [3.05, 3.63) is 29.8 Å². The zero-order chi connectivity index (χ0) is 15.3. The third-order valence-corrected chi connectivity index (χ3v) is 2.71. The molecule has 0 unspecified atom stereocenters. The number of ether oxygens (including phenoxy) is 1.